The van der Waals surface area contributed by atoms with E-state index in [4.69, 9.17) is 5.11 Å². The molecule has 26 heavy (non-hydrogen) atoms. The number of ketones is 1. The van der Waals surface area contributed by atoms with E-state index in [2.05, 4.69) is 24.8 Å². The first-order chi connectivity index (χ1) is 12.3. The van der Waals surface area contributed by atoms with Gasteiger partial charge in [0.15, 0.2) is 11.4 Å². The van der Waals surface area contributed by atoms with Crippen LogP contribution in [0.25, 0.3) is 0 Å². The van der Waals surface area contributed by atoms with Crippen LogP contribution in [0.15, 0.2) is 40.7 Å². The summed E-state index contributed by atoms with van der Waals surface area (Å²) < 4.78 is 0. The molecule has 0 bridgehead atoms. The molecule has 0 amide bonds. The van der Waals surface area contributed by atoms with Crippen molar-refractivity contribution in [3.05, 3.63) is 40.7 Å². The zero-order chi connectivity index (χ0) is 19.6. The molecule has 2 N–H and O–H groups in total. The minimum Gasteiger partial charge on any atom is -0.479 e. The van der Waals surface area contributed by atoms with Gasteiger partial charge < -0.3 is 10.2 Å². The topological polar surface area (TPSA) is 74.6 Å². The van der Waals surface area contributed by atoms with Crippen LogP contribution in [0.1, 0.15) is 78.6 Å². The lowest BCUT2D eigenvalue weighted by Crippen LogP contribution is -2.33. The Balaban J connectivity index is 2.85. The predicted molar refractivity (Wildman–Crippen MR) is 104 cm³/mol. The molecule has 0 fully saturated rings. The number of carbonyl (C=O) groups excluding carboxylic acids is 1. The Kier molecular flexibility index (Phi) is 9.32. The van der Waals surface area contributed by atoms with Crippen LogP contribution < -0.4 is 0 Å². The molecule has 1 rings (SSSR count). The molecular formula is C22H32O4. The second kappa shape index (κ2) is 10.9. The lowest BCUT2D eigenvalue weighted by Gasteiger charge is -2.14. The lowest BCUT2D eigenvalue weighted by molar-refractivity contribution is -0.156. The Morgan fingerprint density at radius 1 is 1.27 bits per heavy atom. The fraction of sp³-hybridized carbons (Fsp3) is 0.591. The van der Waals surface area contributed by atoms with Crippen molar-refractivity contribution in [1.29, 1.82) is 0 Å². The van der Waals surface area contributed by atoms with Crippen molar-refractivity contribution >= 4 is 11.8 Å². The molecule has 4 heteroatoms. The van der Waals surface area contributed by atoms with Crippen molar-refractivity contribution in [1.82, 2.24) is 0 Å². The molecule has 0 heterocycles. The maximum atomic E-state index is 12.2. The van der Waals surface area contributed by atoms with Crippen molar-refractivity contribution < 1.29 is 19.8 Å². The Labute approximate surface area is 157 Å². The molecule has 144 valence electrons. The number of carboxylic acid groups (broad SMARTS) is 1. The van der Waals surface area contributed by atoms with Crippen molar-refractivity contribution in [2.24, 2.45) is 0 Å². The number of Topliss-reactive ketones (excluding diaryl/α,β-unsaturated/α-hetero) is 1. The predicted octanol–water partition coefficient (Wildman–Crippen LogP) is 4.89. The smallest absolute Gasteiger partial charge is 0.335 e. The molecular weight excluding hydrogens is 328 g/mol. The van der Waals surface area contributed by atoms with Crippen LogP contribution in [-0.4, -0.2) is 27.6 Å². The van der Waals surface area contributed by atoms with E-state index in [9.17, 15) is 14.7 Å². The first-order valence-corrected chi connectivity index (χ1v) is 9.62. The number of allylic oxidation sites excluding steroid dienone is 4. The van der Waals surface area contributed by atoms with E-state index < -0.39 is 11.6 Å². The summed E-state index contributed by atoms with van der Waals surface area (Å²) in [6.45, 7) is 5.44. The van der Waals surface area contributed by atoms with Crippen LogP contribution in [-0.2, 0) is 9.59 Å². The lowest BCUT2D eigenvalue weighted by atomic mass is 9.98. The van der Waals surface area contributed by atoms with E-state index >= 15 is 0 Å². The maximum absolute atomic E-state index is 12.2. The van der Waals surface area contributed by atoms with Gasteiger partial charge in [-0.2, -0.15) is 0 Å². The van der Waals surface area contributed by atoms with Gasteiger partial charge in [-0.3, -0.25) is 4.79 Å². The summed E-state index contributed by atoms with van der Waals surface area (Å²) in [6.07, 6.45) is 13.1. The van der Waals surface area contributed by atoms with Gasteiger partial charge in [-0.1, -0.05) is 38.8 Å². The Bertz CT molecular complexity index is 629. The molecule has 1 unspecified atom stereocenters. The van der Waals surface area contributed by atoms with Crippen LogP contribution >= 0.6 is 0 Å². The molecule has 1 aliphatic carbocycles. The van der Waals surface area contributed by atoms with Crippen molar-refractivity contribution in [2.75, 3.05) is 0 Å². The van der Waals surface area contributed by atoms with Crippen molar-refractivity contribution in [2.45, 2.75) is 84.2 Å². The third-order valence-electron chi connectivity index (χ3n) is 4.72. The number of rotatable bonds is 11. The van der Waals surface area contributed by atoms with Gasteiger partial charge in [-0.15, -0.1) is 5.73 Å². The van der Waals surface area contributed by atoms with Gasteiger partial charge in [-0.05, 0) is 49.8 Å². The number of unbranched alkanes of at least 4 members (excludes halogenated alkanes) is 3. The van der Waals surface area contributed by atoms with Crippen LogP contribution in [0, 0.1) is 0 Å². The highest BCUT2D eigenvalue weighted by Crippen LogP contribution is 2.29. The molecule has 0 saturated heterocycles. The highest BCUT2D eigenvalue weighted by atomic mass is 16.4. The van der Waals surface area contributed by atoms with Crippen molar-refractivity contribution in [3.8, 4) is 0 Å². The highest BCUT2D eigenvalue weighted by molar-refractivity contribution is 5.99. The Morgan fingerprint density at radius 3 is 2.62 bits per heavy atom. The summed E-state index contributed by atoms with van der Waals surface area (Å²) in [4.78, 5) is 23.2. The van der Waals surface area contributed by atoms with Gasteiger partial charge in [0.25, 0.3) is 0 Å². The number of hydrogen-bond acceptors (Lipinski definition) is 3. The summed E-state index contributed by atoms with van der Waals surface area (Å²) in [7, 11) is 0. The van der Waals surface area contributed by atoms with E-state index in [1.807, 2.05) is 6.92 Å². The van der Waals surface area contributed by atoms with Gasteiger partial charge in [-0.25, -0.2) is 4.79 Å². The molecule has 0 spiro atoms. The summed E-state index contributed by atoms with van der Waals surface area (Å²) >= 11 is 0. The minimum atomic E-state index is -1.79. The van der Waals surface area contributed by atoms with Gasteiger partial charge in [0.1, 0.15) is 0 Å². The fourth-order valence-corrected chi connectivity index (χ4v) is 2.84. The largest absolute Gasteiger partial charge is 0.479 e. The van der Waals surface area contributed by atoms with E-state index in [0.29, 0.717) is 12.8 Å². The second-order valence-corrected chi connectivity index (χ2v) is 7.09. The fourth-order valence-electron chi connectivity index (χ4n) is 2.84. The van der Waals surface area contributed by atoms with Gasteiger partial charge in [0.2, 0.25) is 0 Å². The molecule has 0 radical (unpaired) electrons. The average molecular weight is 360 g/mol. The van der Waals surface area contributed by atoms with E-state index in [1.165, 1.54) is 26.2 Å². The third-order valence-corrected chi connectivity index (χ3v) is 4.72. The standard InChI is InChI=1S/C22H32O4/c1-4-6-7-8-9-12-18-13-14-20(23)19(18)16-17(5-2)11-10-15-22(3,26)21(24)25/h9-10,12,26H,4-8,13-16H2,1-3H3,(H,24,25)/b12-9+. The number of aliphatic hydroxyl groups is 1. The number of carboxylic acids is 1. The molecule has 0 saturated carbocycles. The SMILES string of the molecule is CCCCC/C=C/C1=C(CC(=C=CCC(C)(O)C(=O)O)CC)C(=O)CC1. The summed E-state index contributed by atoms with van der Waals surface area (Å²) in [6, 6.07) is 0. The Morgan fingerprint density at radius 2 is 2.00 bits per heavy atom. The molecule has 1 atom stereocenters. The summed E-state index contributed by atoms with van der Waals surface area (Å²) in [5.41, 5.74) is 4.23. The molecule has 4 nitrogen and oxygen atoms in total. The molecule has 0 aromatic carbocycles. The van der Waals surface area contributed by atoms with Crippen LogP contribution in [0.5, 0.6) is 0 Å². The molecule has 0 aromatic rings. The van der Waals surface area contributed by atoms with E-state index in [-0.39, 0.29) is 12.2 Å². The van der Waals surface area contributed by atoms with Gasteiger partial charge >= 0.3 is 5.97 Å². The monoisotopic (exact) mass is 360 g/mol. The first-order valence-electron chi connectivity index (χ1n) is 9.62. The molecule has 0 aromatic heterocycles. The maximum Gasteiger partial charge on any atom is 0.335 e. The minimum absolute atomic E-state index is 0.0109. The Hall–Kier alpha value is -1.90. The zero-order valence-corrected chi connectivity index (χ0v) is 16.3. The van der Waals surface area contributed by atoms with E-state index in [0.717, 1.165) is 36.0 Å². The number of aliphatic carboxylic acids is 1. The average Bonchev–Trinajstić information content (AvgIpc) is 2.93. The zero-order valence-electron chi connectivity index (χ0n) is 16.3. The summed E-state index contributed by atoms with van der Waals surface area (Å²) in [5, 5.41) is 18.7. The van der Waals surface area contributed by atoms with Crippen LogP contribution in [0.2, 0.25) is 0 Å². The number of carbonyl (C=O) groups is 2. The van der Waals surface area contributed by atoms with Crippen LogP contribution in [0.4, 0.5) is 0 Å². The van der Waals surface area contributed by atoms with E-state index in [1.54, 1.807) is 6.08 Å². The van der Waals surface area contributed by atoms with Crippen molar-refractivity contribution in [3.63, 3.8) is 0 Å². The first kappa shape index (κ1) is 22.1. The third kappa shape index (κ3) is 7.15. The quantitative estimate of drug-likeness (QED) is 0.406. The molecule has 1 aliphatic rings. The van der Waals surface area contributed by atoms with Crippen LogP contribution in [0.3, 0.4) is 0 Å². The highest BCUT2D eigenvalue weighted by Gasteiger charge is 2.28. The second-order valence-electron chi connectivity index (χ2n) is 7.09. The normalized spacial score (nSPS) is 16.7. The number of hydrogen-bond donors (Lipinski definition) is 2. The summed E-state index contributed by atoms with van der Waals surface area (Å²) in [5.74, 6) is -1.05. The van der Waals surface area contributed by atoms with Gasteiger partial charge in [0.05, 0.1) is 0 Å². The van der Waals surface area contributed by atoms with Gasteiger partial charge in [0, 0.05) is 24.8 Å². The molecule has 0 aliphatic heterocycles.